The van der Waals surface area contributed by atoms with Crippen molar-refractivity contribution < 1.29 is 19.4 Å². The maximum Gasteiger partial charge on any atom is 0.306 e. The summed E-state index contributed by atoms with van der Waals surface area (Å²) in [4.78, 5) is 23.1. The molecule has 0 aliphatic heterocycles. The number of esters is 1. The van der Waals surface area contributed by atoms with Gasteiger partial charge in [-0.15, -0.1) is 0 Å². The molecule has 4 heteroatoms. The van der Waals surface area contributed by atoms with Crippen molar-refractivity contribution >= 4 is 11.9 Å². The van der Waals surface area contributed by atoms with E-state index in [9.17, 15) is 9.59 Å². The largest absolute Gasteiger partial charge is 0.481 e. The SMILES string of the molecule is CCCCC/C=C\C/C=C\CCCCCCCCCCCC(=O)OC(CCCC)CCCCCCCCCCCCCCCCC(=O)O. The number of unbranched alkanes of at least 4 members (excludes halogenated alkanes) is 26. The summed E-state index contributed by atoms with van der Waals surface area (Å²) < 4.78 is 5.95. The Morgan fingerprint density at radius 1 is 0.458 bits per heavy atom. The molecule has 0 saturated carbocycles. The molecule has 1 unspecified atom stereocenters. The highest BCUT2D eigenvalue weighted by atomic mass is 16.5. The maximum absolute atomic E-state index is 12.5. The summed E-state index contributed by atoms with van der Waals surface area (Å²) in [5.74, 6) is -0.632. The summed E-state index contributed by atoms with van der Waals surface area (Å²) in [5.41, 5.74) is 0. The molecule has 4 nitrogen and oxygen atoms in total. The molecule has 0 aliphatic carbocycles. The summed E-state index contributed by atoms with van der Waals surface area (Å²) >= 11 is 0. The van der Waals surface area contributed by atoms with Crippen LogP contribution < -0.4 is 0 Å². The van der Waals surface area contributed by atoms with E-state index in [1.54, 1.807) is 0 Å². The van der Waals surface area contributed by atoms with Gasteiger partial charge >= 0.3 is 11.9 Å². The van der Waals surface area contributed by atoms with Crippen molar-refractivity contribution in [3.05, 3.63) is 24.3 Å². The standard InChI is InChI=1S/C44H82O4/c1-3-5-7-8-9-10-11-12-13-14-15-16-17-22-25-28-31-34-37-41-44(47)48-42(38-6-4-2)39-35-32-29-26-23-20-18-19-21-24-27-30-33-36-40-43(45)46/h9-10,12-13,42H,3-8,11,14-41H2,1-2H3,(H,45,46)/b10-9-,13-12-. The Hall–Kier alpha value is -1.58. The molecule has 0 radical (unpaired) electrons. The van der Waals surface area contributed by atoms with Crippen LogP contribution in [0.1, 0.15) is 239 Å². The first kappa shape index (κ1) is 46.4. The number of ether oxygens (including phenoxy) is 1. The van der Waals surface area contributed by atoms with Gasteiger partial charge in [-0.2, -0.15) is 0 Å². The molecule has 0 rings (SSSR count). The fourth-order valence-corrected chi connectivity index (χ4v) is 6.50. The van der Waals surface area contributed by atoms with E-state index in [2.05, 4.69) is 38.2 Å². The lowest BCUT2D eigenvalue weighted by Gasteiger charge is -2.18. The highest BCUT2D eigenvalue weighted by Gasteiger charge is 2.14. The molecule has 48 heavy (non-hydrogen) atoms. The molecule has 282 valence electrons. The van der Waals surface area contributed by atoms with Gasteiger partial charge in [-0.05, 0) is 64.2 Å². The van der Waals surface area contributed by atoms with Crippen LogP contribution in [0.25, 0.3) is 0 Å². The highest BCUT2D eigenvalue weighted by molar-refractivity contribution is 5.69. The number of aliphatic carboxylic acids is 1. The van der Waals surface area contributed by atoms with Crippen molar-refractivity contribution in [2.45, 2.75) is 245 Å². The fourth-order valence-electron chi connectivity index (χ4n) is 6.50. The molecule has 0 heterocycles. The number of carbonyl (C=O) groups excluding carboxylic acids is 1. The Kier molecular flexibility index (Phi) is 38.5. The summed E-state index contributed by atoms with van der Waals surface area (Å²) in [6.45, 7) is 4.48. The summed E-state index contributed by atoms with van der Waals surface area (Å²) in [7, 11) is 0. The zero-order valence-electron chi connectivity index (χ0n) is 32.3. The van der Waals surface area contributed by atoms with Crippen LogP contribution in [0.5, 0.6) is 0 Å². The van der Waals surface area contributed by atoms with Gasteiger partial charge in [-0.1, -0.05) is 186 Å². The summed E-state index contributed by atoms with van der Waals surface area (Å²) in [6, 6.07) is 0. The average molecular weight is 675 g/mol. The molecule has 0 amide bonds. The van der Waals surface area contributed by atoms with E-state index in [1.807, 2.05) is 0 Å². The lowest BCUT2D eigenvalue weighted by atomic mass is 10.0. The van der Waals surface area contributed by atoms with Gasteiger partial charge in [0.1, 0.15) is 6.10 Å². The Morgan fingerprint density at radius 3 is 1.29 bits per heavy atom. The summed E-state index contributed by atoms with van der Waals surface area (Å²) in [5, 5.41) is 8.67. The van der Waals surface area contributed by atoms with Crippen molar-refractivity contribution in [3.63, 3.8) is 0 Å². The maximum atomic E-state index is 12.5. The van der Waals surface area contributed by atoms with Crippen LogP contribution in [0.3, 0.4) is 0 Å². The molecule has 0 bridgehead atoms. The molecule has 1 N–H and O–H groups in total. The van der Waals surface area contributed by atoms with Crippen LogP contribution in [0.15, 0.2) is 24.3 Å². The number of carboxylic acid groups (broad SMARTS) is 1. The number of hydrogen-bond acceptors (Lipinski definition) is 3. The lowest BCUT2D eigenvalue weighted by Crippen LogP contribution is -2.18. The van der Waals surface area contributed by atoms with Crippen molar-refractivity contribution in [2.24, 2.45) is 0 Å². The zero-order valence-corrected chi connectivity index (χ0v) is 32.3. The van der Waals surface area contributed by atoms with Gasteiger partial charge in [0, 0.05) is 12.8 Å². The van der Waals surface area contributed by atoms with Gasteiger partial charge in [-0.25, -0.2) is 0 Å². The number of allylic oxidation sites excluding steroid dienone is 4. The van der Waals surface area contributed by atoms with Gasteiger partial charge in [0.05, 0.1) is 0 Å². The van der Waals surface area contributed by atoms with Gasteiger partial charge in [0.2, 0.25) is 0 Å². The van der Waals surface area contributed by atoms with E-state index in [0.717, 1.165) is 57.8 Å². The molecular weight excluding hydrogens is 592 g/mol. The minimum atomic E-state index is -0.666. The summed E-state index contributed by atoms with van der Waals surface area (Å²) in [6.07, 6.45) is 51.1. The Bertz CT molecular complexity index is 727. The van der Waals surface area contributed by atoms with Crippen LogP contribution in [-0.4, -0.2) is 23.1 Å². The first-order valence-electron chi connectivity index (χ1n) is 21.3. The van der Waals surface area contributed by atoms with Gasteiger partial charge in [0.25, 0.3) is 0 Å². The number of rotatable bonds is 39. The van der Waals surface area contributed by atoms with Crippen LogP contribution in [0.4, 0.5) is 0 Å². The zero-order chi connectivity index (χ0) is 35.0. The second-order valence-corrected chi connectivity index (χ2v) is 14.5. The van der Waals surface area contributed by atoms with E-state index in [0.29, 0.717) is 12.8 Å². The van der Waals surface area contributed by atoms with E-state index in [1.165, 1.54) is 154 Å². The van der Waals surface area contributed by atoms with Crippen LogP contribution >= 0.6 is 0 Å². The lowest BCUT2D eigenvalue weighted by molar-refractivity contribution is -0.150. The van der Waals surface area contributed by atoms with Gasteiger partial charge in [-0.3, -0.25) is 9.59 Å². The number of carbonyl (C=O) groups is 2. The minimum absolute atomic E-state index is 0.0336. The Balaban J connectivity index is 3.60. The molecule has 1 atom stereocenters. The van der Waals surface area contributed by atoms with Crippen molar-refractivity contribution in [2.75, 3.05) is 0 Å². The third-order valence-electron chi connectivity index (χ3n) is 9.68. The molecule has 0 spiro atoms. The second-order valence-electron chi connectivity index (χ2n) is 14.5. The second kappa shape index (κ2) is 39.9. The third-order valence-corrected chi connectivity index (χ3v) is 9.68. The predicted molar refractivity (Wildman–Crippen MR) is 209 cm³/mol. The van der Waals surface area contributed by atoms with Crippen LogP contribution in [0, 0.1) is 0 Å². The van der Waals surface area contributed by atoms with Crippen LogP contribution in [-0.2, 0) is 14.3 Å². The first-order valence-corrected chi connectivity index (χ1v) is 21.3. The molecule has 0 saturated heterocycles. The first-order chi connectivity index (χ1) is 23.6. The Morgan fingerprint density at radius 2 is 0.833 bits per heavy atom. The molecule has 0 aromatic heterocycles. The van der Waals surface area contributed by atoms with E-state index in [-0.39, 0.29) is 12.1 Å². The fraction of sp³-hybridized carbons (Fsp3) is 0.864. The number of carboxylic acids is 1. The van der Waals surface area contributed by atoms with Crippen LogP contribution in [0.2, 0.25) is 0 Å². The quantitative estimate of drug-likeness (QED) is 0.0400. The minimum Gasteiger partial charge on any atom is -0.481 e. The van der Waals surface area contributed by atoms with Gasteiger partial charge in [0.15, 0.2) is 0 Å². The predicted octanol–water partition coefficient (Wildman–Crippen LogP) is 14.8. The molecule has 0 aliphatic rings. The average Bonchev–Trinajstić information content (AvgIpc) is 3.07. The van der Waals surface area contributed by atoms with Gasteiger partial charge < -0.3 is 9.84 Å². The van der Waals surface area contributed by atoms with E-state index < -0.39 is 5.97 Å². The number of hydrogen-bond donors (Lipinski definition) is 1. The van der Waals surface area contributed by atoms with Crippen molar-refractivity contribution in [1.82, 2.24) is 0 Å². The normalized spacial score (nSPS) is 12.4. The van der Waals surface area contributed by atoms with E-state index in [4.69, 9.17) is 9.84 Å². The van der Waals surface area contributed by atoms with Crippen molar-refractivity contribution in [3.8, 4) is 0 Å². The smallest absolute Gasteiger partial charge is 0.306 e. The molecule has 0 aromatic rings. The third kappa shape index (κ3) is 38.9. The Labute approximate surface area is 299 Å². The van der Waals surface area contributed by atoms with E-state index >= 15 is 0 Å². The molecular formula is C44H82O4. The topological polar surface area (TPSA) is 63.6 Å². The molecule has 0 fully saturated rings. The highest BCUT2D eigenvalue weighted by Crippen LogP contribution is 2.18. The monoisotopic (exact) mass is 675 g/mol. The molecule has 0 aromatic carbocycles. The van der Waals surface area contributed by atoms with Crippen molar-refractivity contribution in [1.29, 1.82) is 0 Å².